The van der Waals surface area contributed by atoms with Gasteiger partial charge in [-0.25, -0.2) is 0 Å². The van der Waals surface area contributed by atoms with E-state index in [1.807, 2.05) is 0 Å². The quantitative estimate of drug-likeness (QED) is 0.167. The molecule has 0 bridgehead atoms. The van der Waals surface area contributed by atoms with Crippen LogP contribution in [0, 0.1) is 0 Å². The largest absolute Gasteiger partial charge is 0.309 e. The van der Waals surface area contributed by atoms with Crippen LogP contribution in [-0.2, 0) is 5.41 Å². The number of hydrogen-bond donors (Lipinski definition) is 0. The molecule has 1 aliphatic rings. The molecule has 0 amide bonds. The molecule has 51 heavy (non-hydrogen) atoms. The summed E-state index contributed by atoms with van der Waals surface area (Å²) < 4.78 is 3.61. The molecule has 10 rings (SSSR count). The van der Waals surface area contributed by atoms with Gasteiger partial charge in [-0.2, -0.15) is 0 Å². The minimum atomic E-state index is -0.519. The van der Waals surface area contributed by atoms with Gasteiger partial charge in [-0.05, 0) is 80.4 Å². The highest BCUT2D eigenvalue weighted by Gasteiger charge is 2.47. The van der Waals surface area contributed by atoms with Gasteiger partial charge in [-0.15, -0.1) is 0 Å². The smallest absolute Gasteiger partial charge is 0.0734 e. The van der Waals surface area contributed by atoms with Gasteiger partial charge in [0.2, 0.25) is 0 Å². The molecule has 1 aliphatic carbocycles. The zero-order valence-corrected chi connectivity index (χ0v) is 29.4. The number of hydrogen-bond acceptors (Lipinski definition) is 0. The predicted molar refractivity (Wildman–Crippen MR) is 217 cm³/mol. The summed E-state index contributed by atoms with van der Waals surface area (Å²) in [5.74, 6) is 0. The molecule has 2 heteroatoms. The summed E-state index contributed by atoms with van der Waals surface area (Å²) in [6.45, 7) is 0. The van der Waals surface area contributed by atoms with Gasteiger partial charge in [-0.1, -0.05) is 180 Å². The topological polar surface area (TPSA) is 4.93 Å². The standard InChI is InChI=1S/C49H32BrN/c50-37-29-26-33(27-30-37)38-18-7-8-19-39(38)34-28-31-42-41-21-10-12-24-45(41)51(47(42)32-34)46-25-13-22-43-40-20-9-11-23-44(40)49(48(43)46,35-14-3-1-4-15-35)36-16-5-2-6-17-36/h1-32H. The van der Waals surface area contributed by atoms with Gasteiger partial charge in [0.25, 0.3) is 0 Å². The second kappa shape index (κ2) is 11.8. The van der Waals surface area contributed by atoms with Crippen LogP contribution in [0.2, 0.25) is 0 Å². The van der Waals surface area contributed by atoms with Crippen LogP contribution in [0.5, 0.6) is 0 Å². The summed E-state index contributed by atoms with van der Waals surface area (Å²) in [7, 11) is 0. The lowest BCUT2D eigenvalue weighted by Crippen LogP contribution is -2.29. The van der Waals surface area contributed by atoms with Gasteiger partial charge >= 0.3 is 0 Å². The fourth-order valence-corrected chi connectivity index (χ4v) is 8.95. The first kappa shape index (κ1) is 29.9. The molecule has 0 radical (unpaired) electrons. The Bertz CT molecular complexity index is 2700. The molecule has 0 saturated heterocycles. The molecule has 240 valence electrons. The zero-order chi connectivity index (χ0) is 33.9. The van der Waals surface area contributed by atoms with Crippen molar-refractivity contribution in [1.82, 2.24) is 4.57 Å². The Balaban J connectivity index is 1.31. The summed E-state index contributed by atoms with van der Waals surface area (Å²) in [5.41, 5.74) is 15.6. The number of para-hydroxylation sites is 1. The molecule has 1 nitrogen and oxygen atoms in total. The van der Waals surface area contributed by atoms with E-state index in [9.17, 15) is 0 Å². The zero-order valence-electron chi connectivity index (χ0n) is 27.8. The Hall–Kier alpha value is -5.96. The van der Waals surface area contributed by atoms with Crippen molar-refractivity contribution in [3.8, 4) is 39.1 Å². The fourth-order valence-electron chi connectivity index (χ4n) is 8.68. The highest BCUT2D eigenvalue weighted by Crippen LogP contribution is 2.58. The number of aromatic nitrogens is 1. The molecule has 0 saturated carbocycles. The fraction of sp³-hybridized carbons (Fsp3) is 0.0204. The minimum Gasteiger partial charge on any atom is -0.309 e. The number of halogens is 1. The highest BCUT2D eigenvalue weighted by atomic mass is 79.9. The molecule has 0 atom stereocenters. The molecule has 1 heterocycles. The van der Waals surface area contributed by atoms with Gasteiger partial charge < -0.3 is 4.57 Å². The summed E-state index contributed by atoms with van der Waals surface area (Å²) in [4.78, 5) is 0. The summed E-state index contributed by atoms with van der Waals surface area (Å²) >= 11 is 3.62. The molecular weight excluding hydrogens is 682 g/mol. The van der Waals surface area contributed by atoms with Gasteiger partial charge in [0, 0.05) is 20.8 Å². The Morgan fingerprint density at radius 2 is 0.941 bits per heavy atom. The second-order valence-corrected chi connectivity index (χ2v) is 14.3. The monoisotopic (exact) mass is 713 g/mol. The third-order valence-corrected chi connectivity index (χ3v) is 11.3. The van der Waals surface area contributed by atoms with Crippen LogP contribution in [0.15, 0.2) is 199 Å². The molecule has 0 N–H and O–H groups in total. The van der Waals surface area contributed by atoms with Crippen LogP contribution < -0.4 is 0 Å². The molecule has 0 spiro atoms. The average molecular weight is 715 g/mol. The van der Waals surface area contributed by atoms with Gasteiger partial charge in [0.15, 0.2) is 0 Å². The van der Waals surface area contributed by atoms with Crippen molar-refractivity contribution in [2.75, 3.05) is 0 Å². The van der Waals surface area contributed by atoms with Crippen molar-refractivity contribution in [3.05, 3.63) is 221 Å². The average Bonchev–Trinajstić information content (AvgIpc) is 3.70. The van der Waals surface area contributed by atoms with Crippen LogP contribution in [0.4, 0.5) is 0 Å². The van der Waals surface area contributed by atoms with Crippen LogP contribution in [0.1, 0.15) is 22.3 Å². The number of nitrogens with zero attached hydrogens (tertiary/aromatic N) is 1. The minimum absolute atomic E-state index is 0.519. The Morgan fingerprint density at radius 1 is 0.392 bits per heavy atom. The molecule has 0 fully saturated rings. The molecule has 9 aromatic rings. The lowest BCUT2D eigenvalue weighted by atomic mass is 9.67. The maximum absolute atomic E-state index is 3.62. The van der Waals surface area contributed by atoms with Gasteiger partial charge in [0.05, 0.1) is 22.1 Å². The van der Waals surface area contributed by atoms with Crippen molar-refractivity contribution >= 4 is 37.7 Å². The van der Waals surface area contributed by atoms with E-state index < -0.39 is 5.41 Å². The maximum Gasteiger partial charge on any atom is 0.0734 e. The number of benzene rings is 8. The SMILES string of the molecule is Brc1ccc(-c2ccccc2-c2ccc3c4ccccc4n(-c4cccc5c4C(c4ccccc4)(c4ccccc4)c4ccccc4-5)c3c2)cc1. The second-order valence-electron chi connectivity index (χ2n) is 13.4. The lowest BCUT2D eigenvalue weighted by Gasteiger charge is -2.35. The van der Waals surface area contributed by atoms with E-state index in [0.717, 1.165) is 4.47 Å². The maximum atomic E-state index is 3.62. The summed E-state index contributed by atoms with van der Waals surface area (Å²) in [5, 5.41) is 2.49. The third-order valence-electron chi connectivity index (χ3n) is 10.8. The summed E-state index contributed by atoms with van der Waals surface area (Å²) in [6, 6.07) is 71.3. The highest BCUT2D eigenvalue weighted by molar-refractivity contribution is 9.10. The van der Waals surface area contributed by atoms with Crippen molar-refractivity contribution < 1.29 is 0 Å². The van der Waals surface area contributed by atoms with Crippen molar-refractivity contribution in [3.63, 3.8) is 0 Å². The van der Waals surface area contributed by atoms with Crippen LogP contribution >= 0.6 is 15.9 Å². The van der Waals surface area contributed by atoms with Crippen molar-refractivity contribution in [2.45, 2.75) is 5.41 Å². The predicted octanol–water partition coefficient (Wildman–Crippen LogP) is 13.2. The van der Waals surface area contributed by atoms with E-state index in [-0.39, 0.29) is 0 Å². The molecule has 0 unspecified atom stereocenters. The van der Waals surface area contributed by atoms with Crippen LogP contribution in [0.25, 0.3) is 60.9 Å². The first-order chi connectivity index (χ1) is 25.2. The molecule has 1 aromatic heterocycles. The third kappa shape index (κ3) is 4.46. The Kier molecular flexibility index (Phi) is 6.94. The number of fused-ring (bicyclic) bond motifs is 6. The van der Waals surface area contributed by atoms with Gasteiger partial charge in [-0.3, -0.25) is 0 Å². The molecule has 8 aromatic carbocycles. The van der Waals surface area contributed by atoms with E-state index >= 15 is 0 Å². The van der Waals surface area contributed by atoms with E-state index in [4.69, 9.17) is 0 Å². The Morgan fingerprint density at radius 3 is 1.67 bits per heavy atom. The van der Waals surface area contributed by atoms with Crippen molar-refractivity contribution in [1.29, 1.82) is 0 Å². The van der Waals surface area contributed by atoms with E-state index in [1.165, 1.54) is 83.1 Å². The van der Waals surface area contributed by atoms with Crippen LogP contribution in [-0.4, -0.2) is 4.57 Å². The first-order valence-corrected chi connectivity index (χ1v) is 18.3. The van der Waals surface area contributed by atoms with E-state index in [1.54, 1.807) is 0 Å². The molecule has 0 aliphatic heterocycles. The Labute approximate surface area is 306 Å². The van der Waals surface area contributed by atoms with Crippen LogP contribution in [0.3, 0.4) is 0 Å². The lowest BCUT2D eigenvalue weighted by molar-refractivity contribution is 0.762. The van der Waals surface area contributed by atoms with Gasteiger partial charge in [0.1, 0.15) is 0 Å². The summed E-state index contributed by atoms with van der Waals surface area (Å²) in [6.07, 6.45) is 0. The normalized spacial score (nSPS) is 13.0. The first-order valence-electron chi connectivity index (χ1n) is 17.5. The van der Waals surface area contributed by atoms with E-state index in [2.05, 4.69) is 215 Å². The number of rotatable bonds is 5. The van der Waals surface area contributed by atoms with E-state index in [0.29, 0.717) is 0 Å². The van der Waals surface area contributed by atoms with Crippen molar-refractivity contribution in [2.24, 2.45) is 0 Å². The molecular formula is C49H32BrN.